The van der Waals surface area contributed by atoms with E-state index in [0.29, 0.717) is 0 Å². The van der Waals surface area contributed by atoms with Crippen molar-refractivity contribution >= 4 is 11.9 Å². The van der Waals surface area contributed by atoms with Crippen LogP contribution >= 0.6 is 11.9 Å². The Kier molecular flexibility index (Phi) is 2.15. The van der Waals surface area contributed by atoms with E-state index in [4.69, 9.17) is 0 Å². The Labute approximate surface area is 73.7 Å². The van der Waals surface area contributed by atoms with Crippen LogP contribution in [0.5, 0.6) is 0 Å². The number of piperidine rings is 1. The van der Waals surface area contributed by atoms with Gasteiger partial charge in [-0.05, 0) is 37.9 Å². The molecule has 0 aromatic carbocycles. The summed E-state index contributed by atoms with van der Waals surface area (Å²) in [6.45, 7) is 2.41. The molecule has 2 rings (SSSR count). The van der Waals surface area contributed by atoms with Crippen molar-refractivity contribution in [2.24, 2.45) is 5.92 Å². The Morgan fingerprint density at radius 3 is 2.55 bits per heavy atom. The topological polar surface area (TPSA) is 3.24 Å². The molecule has 1 nitrogen and oxygen atoms in total. The first-order valence-electron chi connectivity index (χ1n) is 4.65. The van der Waals surface area contributed by atoms with Crippen LogP contribution in [-0.2, 0) is 0 Å². The summed E-state index contributed by atoms with van der Waals surface area (Å²) in [6.07, 6.45) is 8.04. The summed E-state index contributed by atoms with van der Waals surface area (Å²) in [5.41, 5.74) is 0. The zero-order valence-electron chi connectivity index (χ0n) is 7.42. The van der Waals surface area contributed by atoms with Gasteiger partial charge in [-0.2, -0.15) is 0 Å². The normalized spacial score (nSPS) is 44.7. The Balaban J connectivity index is 2.10. The molecule has 0 amide bonds. The van der Waals surface area contributed by atoms with Crippen molar-refractivity contribution in [1.82, 2.24) is 4.31 Å². The number of hydrogen-bond donors (Lipinski definition) is 0. The van der Waals surface area contributed by atoms with E-state index in [1.807, 2.05) is 11.9 Å². The van der Waals surface area contributed by atoms with Crippen LogP contribution in [0.3, 0.4) is 0 Å². The maximum absolute atomic E-state index is 2.65. The van der Waals surface area contributed by atoms with Gasteiger partial charge in [-0.3, -0.25) is 0 Å². The summed E-state index contributed by atoms with van der Waals surface area (Å²) in [6, 6.07) is 1.83. The largest absolute Gasteiger partial charge is 0.244 e. The molecular weight excluding hydrogens is 154 g/mol. The molecule has 3 unspecified atom stereocenters. The van der Waals surface area contributed by atoms with Gasteiger partial charge in [0.05, 0.1) is 0 Å². The van der Waals surface area contributed by atoms with Crippen molar-refractivity contribution in [1.29, 1.82) is 0 Å². The zero-order chi connectivity index (χ0) is 7.84. The van der Waals surface area contributed by atoms with Gasteiger partial charge in [-0.1, -0.05) is 18.9 Å². The maximum atomic E-state index is 2.65. The number of nitrogens with zero attached hydrogens (tertiary/aromatic N) is 1. The van der Waals surface area contributed by atoms with Gasteiger partial charge in [-0.15, -0.1) is 0 Å². The molecule has 64 valence electrons. The van der Waals surface area contributed by atoms with Gasteiger partial charge < -0.3 is 0 Å². The summed E-state index contributed by atoms with van der Waals surface area (Å²) in [7, 11) is 0. The second-order valence-corrected chi connectivity index (χ2v) is 4.68. The fourth-order valence-corrected chi connectivity index (χ4v) is 3.72. The first-order valence-corrected chi connectivity index (χ1v) is 5.83. The molecule has 2 aliphatic heterocycles. The highest BCUT2D eigenvalue weighted by Gasteiger charge is 2.39. The molecule has 0 saturated carbocycles. The van der Waals surface area contributed by atoms with Crippen LogP contribution in [0.1, 0.15) is 32.6 Å². The quantitative estimate of drug-likeness (QED) is 0.558. The molecule has 2 heteroatoms. The maximum Gasteiger partial charge on any atom is 0.0231 e. The Morgan fingerprint density at radius 2 is 1.91 bits per heavy atom. The summed E-state index contributed by atoms with van der Waals surface area (Å²) < 4.78 is 2.65. The monoisotopic (exact) mass is 171 g/mol. The fraction of sp³-hybridized carbons (Fsp3) is 1.00. The average molecular weight is 171 g/mol. The predicted molar refractivity (Wildman–Crippen MR) is 50.6 cm³/mol. The second kappa shape index (κ2) is 2.98. The minimum absolute atomic E-state index is 0.906. The highest BCUT2D eigenvalue weighted by atomic mass is 32.2. The number of rotatable bonds is 1. The van der Waals surface area contributed by atoms with Crippen LogP contribution in [0.4, 0.5) is 0 Å². The minimum Gasteiger partial charge on any atom is -0.244 e. The van der Waals surface area contributed by atoms with E-state index in [0.717, 1.165) is 18.0 Å². The molecule has 2 saturated heterocycles. The van der Waals surface area contributed by atoms with Crippen molar-refractivity contribution in [3.8, 4) is 0 Å². The van der Waals surface area contributed by atoms with Gasteiger partial charge in [0.15, 0.2) is 0 Å². The van der Waals surface area contributed by atoms with Gasteiger partial charge in [0.25, 0.3) is 0 Å². The molecular formula is C9H17NS. The molecule has 0 radical (unpaired) electrons. The lowest BCUT2D eigenvalue weighted by atomic mass is 9.94. The number of fused-ring (bicyclic) bond motifs is 2. The predicted octanol–water partition coefficient (Wildman–Crippen LogP) is 2.53. The molecule has 0 spiro atoms. The molecule has 2 heterocycles. The summed E-state index contributed by atoms with van der Waals surface area (Å²) in [4.78, 5) is 0. The van der Waals surface area contributed by atoms with Crippen molar-refractivity contribution < 1.29 is 0 Å². The van der Waals surface area contributed by atoms with Gasteiger partial charge >= 0.3 is 0 Å². The fourth-order valence-electron chi connectivity index (χ4n) is 2.63. The molecule has 2 bridgehead atoms. The van der Waals surface area contributed by atoms with Crippen molar-refractivity contribution in [2.45, 2.75) is 44.7 Å². The summed E-state index contributed by atoms with van der Waals surface area (Å²) >= 11 is 1.96. The van der Waals surface area contributed by atoms with E-state index in [1.54, 1.807) is 0 Å². The molecule has 0 aromatic rings. The van der Waals surface area contributed by atoms with Gasteiger partial charge in [0, 0.05) is 12.1 Å². The van der Waals surface area contributed by atoms with Crippen molar-refractivity contribution in [3.63, 3.8) is 0 Å². The third-order valence-corrected chi connectivity index (χ3v) is 4.30. The van der Waals surface area contributed by atoms with Crippen LogP contribution < -0.4 is 0 Å². The smallest absolute Gasteiger partial charge is 0.0231 e. The first kappa shape index (κ1) is 7.93. The molecule has 0 N–H and O–H groups in total. The van der Waals surface area contributed by atoms with E-state index >= 15 is 0 Å². The molecule has 2 fully saturated rings. The number of hydrogen-bond acceptors (Lipinski definition) is 2. The van der Waals surface area contributed by atoms with Crippen LogP contribution in [-0.4, -0.2) is 22.6 Å². The van der Waals surface area contributed by atoms with E-state index in [1.165, 1.54) is 25.7 Å². The lowest BCUT2D eigenvalue weighted by molar-refractivity contribution is 0.206. The highest BCUT2D eigenvalue weighted by molar-refractivity contribution is 7.96. The average Bonchev–Trinajstić information content (AvgIpc) is 2.34. The highest BCUT2D eigenvalue weighted by Crippen LogP contribution is 2.41. The van der Waals surface area contributed by atoms with E-state index in [9.17, 15) is 0 Å². The van der Waals surface area contributed by atoms with E-state index in [-0.39, 0.29) is 0 Å². The van der Waals surface area contributed by atoms with Crippen LogP contribution in [0.2, 0.25) is 0 Å². The Hall–Kier alpha value is 0.310. The third-order valence-electron chi connectivity index (χ3n) is 3.31. The van der Waals surface area contributed by atoms with Crippen LogP contribution in [0.25, 0.3) is 0 Å². The van der Waals surface area contributed by atoms with E-state index in [2.05, 4.69) is 17.5 Å². The molecule has 0 aromatic heterocycles. The first-order chi connectivity index (χ1) is 5.33. The summed E-state index contributed by atoms with van der Waals surface area (Å²) in [5.74, 6) is 0.946. The standard InChI is InChI=1S/C9H17NS/c1-7-3-4-8-5-6-9(7)10(8)11-2/h7-9H,3-6H2,1-2H3. The second-order valence-electron chi connectivity index (χ2n) is 3.90. The molecule has 11 heavy (non-hydrogen) atoms. The third kappa shape index (κ3) is 1.20. The molecule has 3 atom stereocenters. The SMILES string of the molecule is CSN1C2CCC(C)C1CC2. The molecule has 2 aliphatic rings. The Morgan fingerprint density at radius 1 is 1.18 bits per heavy atom. The minimum atomic E-state index is 0.906. The van der Waals surface area contributed by atoms with Gasteiger partial charge in [-0.25, -0.2) is 4.31 Å². The van der Waals surface area contributed by atoms with Crippen molar-refractivity contribution in [3.05, 3.63) is 0 Å². The van der Waals surface area contributed by atoms with Crippen LogP contribution in [0, 0.1) is 5.92 Å². The van der Waals surface area contributed by atoms with Crippen molar-refractivity contribution in [2.75, 3.05) is 6.26 Å². The zero-order valence-corrected chi connectivity index (χ0v) is 8.23. The Bertz CT molecular complexity index is 148. The lowest BCUT2D eigenvalue weighted by Crippen LogP contribution is -2.38. The van der Waals surface area contributed by atoms with Gasteiger partial charge in [0.2, 0.25) is 0 Å². The van der Waals surface area contributed by atoms with E-state index < -0.39 is 0 Å². The lowest BCUT2D eigenvalue weighted by Gasteiger charge is -2.36. The molecule has 0 aliphatic carbocycles. The van der Waals surface area contributed by atoms with Crippen LogP contribution in [0.15, 0.2) is 0 Å². The van der Waals surface area contributed by atoms with Gasteiger partial charge in [0.1, 0.15) is 0 Å². The summed E-state index contributed by atoms with van der Waals surface area (Å²) in [5, 5.41) is 0.